The molecule has 0 radical (unpaired) electrons. The van der Waals surface area contributed by atoms with E-state index in [4.69, 9.17) is 4.74 Å². The summed E-state index contributed by atoms with van der Waals surface area (Å²) in [5, 5.41) is 0. The highest BCUT2D eigenvalue weighted by Crippen LogP contribution is 2.41. The lowest BCUT2D eigenvalue weighted by molar-refractivity contribution is -0.124. The zero-order valence-electron chi connectivity index (χ0n) is 19.4. The maximum atomic E-state index is 14.0. The summed E-state index contributed by atoms with van der Waals surface area (Å²) in [7, 11) is 3.54. The van der Waals surface area contributed by atoms with Crippen molar-refractivity contribution in [1.82, 2.24) is 4.90 Å². The van der Waals surface area contributed by atoms with Crippen LogP contribution in [0.2, 0.25) is 0 Å². The molecule has 32 heavy (non-hydrogen) atoms. The summed E-state index contributed by atoms with van der Waals surface area (Å²) in [5.74, 6) is 0.549. The zero-order chi connectivity index (χ0) is 22.7. The second-order valence-corrected chi connectivity index (χ2v) is 10.4. The summed E-state index contributed by atoms with van der Waals surface area (Å²) >= 11 is 1.42. The molecule has 1 saturated carbocycles. The van der Waals surface area contributed by atoms with E-state index in [2.05, 4.69) is 18.9 Å². The molecule has 0 spiro atoms. The fourth-order valence-electron chi connectivity index (χ4n) is 5.00. The van der Waals surface area contributed by atoms with Gasteiger partial charge < -0.3 is 14.5 Å². The Labute approximate surface area is 195 Å². The first-order valence-corrected chi connectivity index (χ1v) is 12.6. The van der Waals surface area contributed by atoms with Crippen LogP contribution in [0.4, 0.5) is 5.69 Å². The average molecular weight is 455 g/mol. The molecule has 2 aliphatic rings. The first-order valence-electron chi connectivity index (χ1n) is 11.8. The molecule has 2 fully saturated rings. The van der Waals surface area contributed by atoms with Crippen molar-refractivity contribution >= 4 is 28.9 Å². The van der Waals surface area contributed by atoms with Crippen molar-refractivity contribution in [3.63, 3.8) is 0 Å². The van der Waals surface area contributed by atoms with Gasteiger partial charge in [0, 0.05) is 16.8 Å². The van der Waals surface area contributed by atoms with Crippen molar-refractivity contribution in [3.05, 3.63) is 41.3 Å². The fourth-order valence-corrected chi connectivity index (χ4v) is 6.07. The average Bonchev–Trinajstić information content (AvgIpc) is 3.26. The van der Waals surface area contributed by atoms with Crippen LogP contribution >= 0.6 is 11.3 Å². The lowest BCUT2D eigenvalue weighted by Gasteiger charge is -2.39. The number of piperidine rings is 1. The number of likely N-dealkylation sites (tertiary alicyclic amines) is 1. The van der Waals surface area contributed by atoms with Crippen molar-refractivity contribution in [3.8, 4) is 10.4 Å². The maximum absolute atomic E-state index is 14.0. The molecule has 1 aliphatic carbocycles. The number of anilines is 1. The predicted molar refractivity (Wildman–Crippen MR) is 130 cm³/mol. The van der Waals surface area contributed by atoms with Gasteiger partial charge in [-0.05, 0) is 76.2 Å². The van der Waals surface area contributed by atoms with Crippen LogP contribution in [0.1, 0.15) is 55.1 Å². The third-order valence-corrected chi connectivity index (χ3v) is 8.21. The molecular formula is C26H34N2O3S. The molecule has 172 valence electrons. The normalized spacial score (nSPS) is 22.5. The molecule has 5 nitrogen and oxygen atoms in total. The number of hydrogen-bond acceptors (Lipinski definition) is 5. The number of ether oxygens (including phenoxy) is 1. The molecule has 2 aromatic rings. The van der Waals surface area contributed by atoms with Crippen molar-refractivity contribution in [2.24, 2.45) is 11.8 Å². The molecule has 0 bridgehead atoms. The van der Waals surface area contributed by atoms with Gasteiger partial charge in [-0.25, -0.2) is 4.79 Å². The van der Waals surface area contributed by atoms with E-state index < -0.39 is 0 Å². The Kier molecular flexibility index (Phi) is 7.31. The maximum Gasteiger partial charge on any atom is 0.350 e. The molecule has 2 heterocycles. The van der Waals surface area contributed by atoms with Crippen LogP contribution in [0.15, 0.2) is 36.4 Å². The molecule has 1 aromatic heterocycles. The molecule has 0 unspecified atom stereocenters. The van der Waals surface area contributed by atoms with Crippen molar-refractivity contribution in [2.75, 3.05) is 32.1 Å². The molecule has 4 rings (SSSR count). The van der Waals surface area contributed by atoms with E-state index in [9.17, 15) is 9.59 Å². The van der Waals surface area contributed by atoms with Gasteiger partial charge in [-0.15, -0.1) is 11.3 Å². The van der Waals surface area contributed by atoms with E-state index in [-0.39, 0.29) is 23.8 Å². The van der Waals surface area contributed by atoms with Gasteiger partial charge in [0.05, 0.1) is 12.8 Å². The van der Waals surface area contributed by atoms with Gasteiger partial charge in [-0.2, -0.15) is 0 Å². The lowest BCUT2D eigenvalue weighted by atomic mass is 9.82. The summed E-state index contributed by atoms with van der Waals surface area (Å²) in [4.78, 5) is 32.6. The molecule has 6 heteroatoms. The number of methoxy groups -OCH3 is 1. The summed E-state index contributed by atoms with van der Waals surface area (Å²) in [6, 6.07) is 12.2. The van der Waals surface area contributed by atoms with Crippen LogP contribution in [-0.4, -0.2) is 50.1 Å². The number of carbonyl (C=O) groups is 2. The van der Waals surface area contributed by atoms with E-state index in [1.165, 1.54) is 18.4 Å². The summed E-state index contributed by atoms with van der Waals surface area (Å²) in [6.07, 6.45) is 5.91. The first kappa shape index (κ1) is 23.0. The van der Waals surface area contributed by atoms with Crippen LogP contribution in [0.5, 0.6) is 0 Å². The van der Waals surface area contributed by atoms with E-state index in [0.717, 1.165) is 67.7 Å². The molecule has 1 amide bonds. The highest BCUT2D eigenvalue weighted by atomic mass is 32.1. The number of amides is 1. The number of carbonyl (C=O) groups excluding carboxylic acids is 2. The van der Waals surface area contributed by atoms with Crippen molar-refractivity contribution in [2.45, 2.75) is 51.5 Å². The highest BCUT2D eigenvalue weighted by molar-refractivity contribution is 7.18. The minimum absolute atomic E-state index is 0.0384. The Bertz CT molecular complexity index is 926. The standard InChI is InChI=1S/C26H34N2O3S/c1-18-9-11-20(12-10-18)25(29)28(21-13-15-27(2)16-14-21)22-17-23(19-7-5-4-6-8-19)32-24(22)26(30)31-3/h4-8,17-18,20-21H,9-16H2,1-3H3. The van der Waals surface area contributed by atoms with E-state index >= 15 is 0 Å². The number of rotatable bonds is 5. The molecule has 1 aromatic carbocycles. The van der Waals surface area contributed by atoms with E-state index in [1.807, 2.05) is 41.3 Å². The van der Waals surface area contributed by atoms with Gasteiger partial charge >= 0.3 is 5.97 Å². The number of hydrogen-bond donors (Lipinski definition) is 0. The molecule has 0 atom stereocenters. The van der Waals surface area contributed by atoms with Crippen LogP contribution in [0.3, 0.4) is 0 Å². The largest absolute Gasteiger partial charge is 0.465 e. The van der Waals surface area contributed by atoms with Gasteiger partial charge in [-0.3, -0.25) is 4.79 Å². The number of nitrogens with zero attached hydrogens (tertiary/aromatic N) is 2. The summed E-state index contributed by atoms with van der Waals surface area (Å²) < 4.78 is 5.15. The van der Waals surface area contributed by atoms with E-state index in [1.54, 1.807) is 0 Å². The fraction of sp³-hybridized carbons (Fsp3) is 0.538. The number of thiophene rings is 1. The Morgan fingerprint density at radius 1 is 1.03 bits per heavy atom. The van der Waals surface area contributed by atoms with Crippen LogP contribution in [0, 0.1) is 11.8 Å². The Morgan fingerprint density at radius 3 is 2.31 bits per heavy atom. The van der Waals surface area contributed by atoms with Gasteiger partial charge in [0.1, 0.15) is 4.88 Å². The molecule has 1 saturated heterocycles. The number of benzene rings is 1. The Morgan fingerprint density at radius 2 is 1.69 bits per heavy atom. The molecule has 1 aliphatic heterocycles. The number of esters is 1. The van der Waals surface area contributed by atoms with Crippen LogP contribution < -0.4 is 4.90 Å². The Hall–Kier alpha value is -2.18. The van der Waals surface area contributed by atoms with Gasteiger partial charge in [0.25, 0.3) is 0 Å². The summed E-state index contributed by atoms with van der Waals surface area (Å²) in [6.45, 7) is 4.19. The molecule has 0 N–H and O–H groups in total. The smallest absolute Gasteiger partial charge is 0.350 e. The van der Waals surface area contributed by atoms with E-state index in [0.29, 0.717) is 10.8 Å². The second kappa shape index (κ2) is 10.2. The third kappa shape index (κ3) is 4.91. The first-order chi connectivity index (χ1) is 15.5. The monoisotopic (exact) mass is 454 g/mol. The second-order valence-electron chi connectivity index (χ2n) is 9.38. The highest BCUT2D eigenvalue weighted by Gasteiger charge is 2.37. The Balaban J connectivity index is 1.74. The minimum atomic E-state index is -0.366. The lowest BCUT2D eigenvalue weighted by Crippen LogP contribution is -2.49. The van der Waals surface area contributed by atoms with Crippen LogP contribution in [0.25, 0.3) is 10.4 Å². The van der Waals surface area contributed by atoms with Gasteiger partial charge in [0.15, 0.2) is 0 Å². The van der Waals surface area contributed by atoms with Gasteiger partial charge in [-0.1, -0.05) is 37.3 Å². The molecular weight excluding hydrogens is 420 g/mol. The minimum Gasteiger partial charge on any atom is -0.465 e. The predicted octanol–water partition coefficient (Wildman–Crippen LogP) is 5.46. The quantitative estimate of drug-likeness (QED) is 0.563. The zero-order valence-corrected chi connectivity index (χ0v) is 20.2. The summed E-state index contributed by atoms with van der Waals surface area (Å²) in [5.41, 5.74) is 1.79. The SMILES string of the molecule is COC(=O)c1sc(-c2ccccc2)cc1N(C(=O)C1CCC(C)CC1)C1CCN(C)CC1. The van der Waals surface area contributed by atoms with Crippen LogP contribution in [-0.2, 0) is 9.53 Å². The van der Waals surface area contributed by atoms with Crippen molar-refractivity contribution in [1.29, 1.82) is 0 Å². The third-order valence-electron chi connectivity index (χ3n) is 7.06. The topological polar surface area (TPSA) is 49.9 Å². The van der Waals surface area contributed by atoms with Gasteiger partial charge in [0.2, 0.25) is 5.91 Å². The van der Waals surface area contributed by atoms with Crippen molar-refractivity contribution < 1.29 is 14.3 Å².